The first-order chi connectivity index (χ1) is 5.11. The molecule has 0 spiro atoms. The molecule has 0 saturated heterocycles. The summed E-state index contributed by atoms with van der Waals surface area (Å²) in [7, 11) is 0. The first-order valence-electron chi connectivity index (χ1n) is 4.64. The van der Waals surface area contributed by atoms with E-state index in [0.717, 1.165) is 12.8 Å². The Bertz CT molecular complexity index is 154. The summed E-state index contributed by atoms with van der Waals surface area (Å²) in [5, 5.41) is 0. The van der Waals surface area contributed by atoms with Crippen molar-refractivity contribution in [2.75, 3.05) is 0 Å². The van der Waals surface area contributed by atoms with Crippen LogP contribution >= 0.6 is 0 Å². The Hall–Kier alpha value is 1.31. The molecule has 1 aliphatic rings. The van der Waals surface area contributed by atoms with E-state index in [1.54, 1.807) is 0 Å². The number of ketones is 1. The second-order valence-electron chi connectivity index (χ2n) is 4.20. The summed E-state index contributed by atoms with van der Waals surface area (Å²) in [6, 6.07) is 0. The normalized spacial score (nSPS) is 30.2. The maximum atomic E-state index is 11.4. The summed E-state index contributed by atoms with van der Waals surface area (Å²) < 4.78 is 0. The number of hydrogen-bond acceptors (Lipinski definition) is 1. The minimum atomic E-state index is 0. The maximum absolute atomic E-state index is 11.4. The molecule has 0 aromatic carbocycles. The van der Waals surface area contributed by atoms with Crippen LogP contribution < -0.4 is 0 Å². The van der Waals surface area contributed by atoms with Gasteiger partial charge in [-0.25, -0.2) is 0 Å². The van der Waals surface area contributed by atoms with Crippen molar-refractivity contribution in [1.29, 1.82) is 0 Å². The van der Waals surface area contributed by atoms with E-state index >= 15 is 0 Å². The van der Waals surface area contributed by atoms with Crippen LogP contribution in [0.1, 0.15) is 40.0 Å². The molecule has 0 aliphatic heterocycles. The molecular formula is C10H19KO. The van der Waals surface area contributed by atoms with E-state index in [2.05, 4.69) is 20.8 Å². The summed E-state index contributed by atoms with van der Waals surface area (Å²) >= 11 is 0. The molecule has 0 N–H and O–H groups in total. The molecule has 66 valence electrons. The summed E-state index contributed by atoms with van der Waals surface area (Å²) in [5.41, 5.74) is 0. The predicted octanol–water partition coefficient (Wildman–Crippen LogP) is 2.00. The molecule has 0 amide bonds. The molecule has 1 fully saturated rings. The Balaban J connectivity index is 0.00000121. The van der Waals surface area contributed by atoms with E-state index in [-0.39, 0.29) is 51.4 Å². The van der Waals surface area contributed by atoms with E-state index in [1.165, 1.54) is 6.42 Å². The number of Topliss-reactive ketones (excluding diaryl/α,β-unsaturated/α-hetero) is 1. The first-order valence-corrected chi connectivity index (χ1v) is 4.64. The second-order valence-corrected chi connectivity index (χ2v) is 4.20. The molecule has 0 aromatic rings. The van der Waals surface area contributed by atoms with Gasteiger partial charge in [0.15, 0.2) is 0 Å². The third kappa shape index (κ3) is 3.58. The van der Waals surface area contributed by atoms with Gasteiger partial charge < -0.3 is 0 Å². The number of rotatable bonds is 1. The van der Waals surface area contributed by atoms with Crippen molar-refractivity contribution < 1.29 is 4.79 Å². The number of carbonyl (C=O) groups is 1. The van der Waals surface area contributed by atoms with Crippen molar-refractivity contribution in [3.05, 3.63) is 0 Å². The molecule has 1 rings (SSSR count). The van der Waals surface area contributed by atoms with Crippen LogP contribution in [0.25, 0.3) is 0 Å². The average Bonchev–Trinajstić information content (AvgIpc) is 1.85. The fraction of sp³-hybridized carbons (Fsp3) is 0.900. The molecule has 12 heavy (non-hydrogen) atoms. The van der Waals surface area contributed by atoms with E-state index in [0.29, 0.717) is 23.5 Å². The molecule has 0 heterocycles. The average molecular weight is 194 g/mol. The van der Waals surface area contributed by atoms with E-state index in [1.807, 2.05) is 0 Å². The fourth-order valence-electron chi connectivity index (χ4n) is 1.93. The van der Waals surface area contributed by atoms with Crippen molar-refractivity contribution in [3.8, 4) is 0 Å². The van der Waals surface area contributed by atoms with Gasteiger partial charge in [0, 0.05) is 12.3 Å². The standard InChI is InChI=1S/C10H18O.K.H/c1-7(2)9-5-4-8(3)6-10(9)11;;/h7-9H,4-6H2,1-3H3;;/t8-,9+;;/m0../s1. The van der Waals surface area contributed by atoms with E-state index < -0.39 is 0 Å². The Morgan fingerprint density at radius 2 is 1.92 bits per heavy atom. The van der Waals surface area contributed by atoms with Crippen molar-refractivity contribution in [3.63, 3.8) is 0 Å². The van der Waals surface area contributed by atoms with Gasteiger partial charge in [0.2, 0.25) is 0 Å². The molecular weight excluding hydrogens is 175 g/mol. The van der Waals surface area contributed by atoms with E-state index in [9.17, 15) is 4.79 Å². The number of hydrogen-bond donors (Lipinski definition) is 0. The van der Waals surface area contributed by atoms with Crippen molar-refractivity contribution in [1.82, 2.24) is 0 Å². The van der Waals surface area contributed by atoms with Crippen LogP contribution in [0.2, 0.25) is 0 Å². The zero-order valence-corrected chi connectivity index (χ0v) is 7.76. The quantitative estimate of drug-likeness (QED) is 0.584. The van der Waals surface area contributed by atoms with Gasteiger partial charge in [0.25, 0.3) is 0 Å². The van der Waals surface area contributed by atoms with Crippen LogP contribution in [-0.4, -0.2) is 57.2 Å². The van der Waals surface area contributed by atoms with Crippen LogP contribution in [0, 0.1) is 17.8 Å². The Kier molecular flexibility index (Phi) is 6.56. The van der Waals surface area contributed by atoms with Gasteiger partial charge in [-0.05, 0) is 24.7 Å². The molecule has 2 atom stereocenters. The van der Waals surface area contributed by atoms with Crippen LogP contribution in [0.5, 0.6) is 0 Å². The summed E-state index contributed by atoms with van der Waals surface area (Å²) in [6.45, 7) is 6.48. The Morgan fingerprint density at radius 1 is 1.33 bits per heavy atom. The second kappa shape index (κ2) is 5.92. The number of carbonyl (C=O) groups excluding carboxylic acids is 1. The predicted molar refractivity (Wildman–Crippen MR) is 53.5 cm³/mol. The SMILES string of the molecule is CC(C)[C@H]1CC[C@H](C)CC1=O.[KH]. The molecule has 1 aliphatic carbocycles. The molecule has 1 nitrogen and oxygen atoms in total. The van der Waals surface area contributed by atoms with Crippen LogP contribution in [0.3, 0.4) is 0 Å². The first kappa shape index (κ1) is 13.3. The fourth-order valence-corrected chi connectivity index (χ4v) is 1.93. The summed E-state index contributed by atoms with van der Waals surface area (Å²) in [4.78, 5) is 11.4. The van der Waals surface area contributed by atoms with Gasteiger partial charge in [-0.1, -0.05) is 20.8 Å². The third-order valence-electron chi connectivity index (χ3n) is 2.74. The Morgan fingerprint density at radius 3 is 2.33 bits per heavy atom. The van der Waals surface area contributed by atoms with Crippen LogP contribution in [-0.2, 0) is 4.79 Å². The Labute approximate surface area is 118 Å². The van der Waals surface area contributed by atoms with Crippen LogP contribution in [0.4, 0.5) is 0 Å². The zero-order valence-electron chi connectivity index (χ0n) is 7.76. The molecule has 0 radical (unpaired) electrons. The van der Waals surface area contributed by atoms with Gasteiger partial charge in [-0.15, -0.1) is 0 Å². The molecule has 0 aromatic heterocycles. The van der Waals surface area contributed by atoms with Gasteiger partial charge in [0.05, 0.1) is 0 Å². The topological polar surface area (TPSA) is 17.1 Å². The van der Waals surface area contributed by atoms with Gasteiger partial charge in [-0.2, -0.15) is 0 Å². The van der Waals surface area contributed by atoms with Crippen LogP contribution in [0.15, 0.2) is 0 Å². The molecule has 0 unspecified atom stereocenters. The molecule has 1 saturated carbocycles. The third-order valence-corrected chi connectivity index (χ3v) is 2.74. The summed E-state index contributed by atoms with van der Waals surface area (Å²) in [6.07, 6.45) is 3.19. The van der Waals surface area contributed by atoms with E-state index in [4.69, 9.17) is 0 Å². The van der Waals surface area contributed by atoms with Gasteiger partial charge in [-0.3, -0.25) is 4.79 Å². The van der Waals surface area contributed by atoms with Crippen molar-refractivity contribution in [2.45, 2.75) is 40.0 Å². The monoisotopic (exact) mass is 194 g/mol. The minimum absolute atomic E-state index is 0. The zero-order chi connectivity index (χ0) is 8.43. The summed E-state index contributed by atoms with van der Waals surface area (Å²) in [5.74, 6) is 2.05. The van der Waals surface area contributed by atoms with Crippen molar-refractivity contribution in [2.24, 2.45) is 17.8 Å². The van der Waals surface area contributed by atoms with Crippen molar-refractivity contribution >= 4 is 57.2 Å². The molecule has 0 bridgehead atoms. The van der Waals surface area contributed by atoms with Gasteiger partial charge >= 0.3 is 51.4 Å². The molecule has 2 heteroatoms. The van der Waals surface area contributed by atoms with Gasteiger partial charge in [0.1, 0.15) is 5.78 Å².